The molecule has 0 aliphatic carbocycles. The number of hydrogen-bond donors (Lipinski definition) is 2. The SMILES string of the molecule is COCCOCCNC(=O)c1cc(Cl)c(N)cc1OC. The van der Waals surface area contributed by atoms with Gasteiger partial charge in [0.25, 0.3) is 5.91 Å². The van der Waals surface area contributed by atoms with Crippen molar-refractivity contribution in [3.63, 3.8) is 0 Å². The Bertz CT molecular complexity index is 454. The van der Waals surface area contributed by atoms with Crippen LogP contribution in [0.5, 0.6) is 5.75 Å². The molecule has 1 aromatic carbocycles. The minimum absolute atomic E-state index is 0.293. The van der Waals surface area contributed by atoms with Crippen molar-refractivity contribution < 1.29 is 19.0 Å². The van der Waals surface area contributed by atoms with Gasteiger partial charge in [-0.3, -0.25) is 4.79 Å². The standard InChI is InChI=1S/C13H19ClN2O4/c1-18-5-6-20-4-3-16-13(17)9-7-10(14)11(15)8-12(9)19-2/h7-8H,3-6,15H2,1-2H3,(H,16,17). The Morgan fingerprint density at radius 1 is 1.30 bits per heavy atom. The quantitative estimate of drug-likeness (QED) is 0.559. The van der Waals surface area contributed by atoms with Crippen molar-refractivity contribution in [3.05, 3.63) is 22.7 Å². The Morgan fingerprint density at radius 3 is 2.70 bits per heavy atom. The zero-order valence-electron chi connectivity index (χ0n) is 11.6. The Morgan fingerprint density at radius 2 is 2.05 bits per heavy atom. The second-order valence-electron chi connectivity index (χ2n) is 3.94. The van der Waals surface area contributed by atoms with Gasteiger partial charge >= 0.3 is 0 Å². The minimum atomic E-state index is -0.293. The number of carbonyl (C=O) groups excluding carboxylic acids is 1. The summed E-state index contributed by atoms with van der Waals surface area (Å²) in [6, 6.07) is 3.00. The number of benzene rings is 1. The summed E-state index contributed by atoms with van der Waals surface area (Å²) in [6.07, 6.45) is 0. The van der Waals surface area contributed by atoms with E-state index in [0.717, 1.165) is 0 Å². The first-order valence-electron chi connectivity index (χ1n) is 6.08. The molecule has 0 atom stereocenters. The number of nitrogen functional groups attached to an aromatic ring is 1. The molecular weight excluding hydrogens is 284 g/mol. The van der Waals surface area contributed by atoms with Crippen molar-refractivity contribution in [2.45, 2.75) is 0 Å². The van der Waals surface area contributed by atoms with Crippen molar-refractivity contribution in [3.8, 4) is 5.75 Å². The second kappa shape index (κ2) is 8.63. The average Bonchev–Trinajstić information content (AvgIpc) is 2.44. The number of ether oxygens (including phenoxy) is 3. The fourth-order valence-corrected chi connectivity index (χ4v) is 1.66. The van der Waals surface area contributed by atoms with E-state index in [1.54, 1.807) is 7.11 Å². The summed E-state index contributed by atoms with van der Waals surface area (Å²) >= 11 is 5.91. The highest BCUT2D eigenvalue weighted by Crippen LogP contribution is 2.28. The van der Waals surface area contributed by atoms with Crippen molar-refractivity contribution in [1.82, 2.24) is 5.32 Å². The Labute approximate surface area is 123 Å². The highest BCUT2D eigenvalue weighted by atomic mass is 35.5. The molecule has 6 nitrogen and oxygen atoms in total. The van der Waals surface area contributed by atoms with Gasteiger partial charge in [-0.25, -0.2) is 0 Å². The third-order valence-electron chi connectivity index (χ3n) is 2.53. The van der Waals surface area contributed by atoms with Crippen LogP contribution in [0, 0.1) is 0 Å². The molecule has 0 fully saturated rings. The Kier molecular flexibility index (Phi) is 7.14. The molecule has 112 valence electrons. The van der Waals surface area contributed by atoms with Gasteiger partial charge < -0.3 is 25.3 Å². The predicted octanol–water partition coefficient (Wildman–Crippen LogP) is 1.32. The van der Waals surface area contributed by atoms with Gasteiger partial charge in [0.2, 0.25) is 0 Å². The van der Waals surface area contributed by atoms with Crippen LogP contribution >= 0.6 is 11.6 Å². The molecule has 1 amide bonds. The van der Waals surface area contributed by atoms with Crippen molar-refractivity contribution in [2.24, 2.45) is 0 Å². The second-order valence-corrected chi connectivity index (χ2v) is 4.34. The zero-order valence-corrected chi connectivity index (χ0v) is 12.3. The van der Waals surface area contributed by atoms with E-state index in [2.05, 4.69) is 5.32 Å². The maximum Gasteiger partial charge on any atom is 0.255 e. The fraction of sp³-hybridized carbons (Fsp3) is 0.462. The summed E-state index contributed by atoms with van der Waals surface area (Å²) in [4.78, 5) is 12.0. The van der Waals surface area contributed by atoms with Crippen molar-refractivity contribution >= 4 is 23.2 Å². The summed E-state index contributed by atoms with van der Waals surface area (Å²) in [5.74, 6) is 0.0868. The van der Waals surface area contributed by atoms with E-state index < -0.39 is 0 Å². The maximum absolute atomic E-state index is 12.0. The summed E-state index contributed by atoms with van der Waals surface area (Å²) in [7, 11) is 3.07. The lowest BCUT2D eigenvalue weighted by Gasteiger charge is -2.11. The lowest BCUT2D eigenvalue weighted by Crippen LogP contribution is -2.28. The number of amides is 1. The summed E-state index contributed by atoms with van der Waals surface area (Å²) in [5.41, 5.74) is 6.36. The number of nitrogens with one attached hydrogen (secondary N) is 1. The Hall–Kier alpha value is -1.50. The molecule has 20 heavy (non-hydrogen) atoms. The predicted molar refractivity (Wildman–Crippen MR) is 77.4 cm³/mol. The van der Waals surface area contributed by atoms with E-state index in [0.29, 0.717) is 48.4 Å². The average molecular weight is 303 g/mol. The molecule has 0 aliphatic heterocycles. The van der Waals surface area contributed by atoms with Crippen LogP contribution in [0.2, 0.25) is 5.02 Å². The zero-order chi connectivity index (χ0) is 15.0. The molecule has 0 heterocycles. The van der Waals surface area contributed by atoms with Gasteiger partial charge in [-0.2, -0.15) is 0 Å². The lowest BCUT2D eigenvalue weighted by atomic mass is 10.1. The normalized spacial score (nSPS) is 10.3. The van der Waals surface area contributed by atoms with Gasteiger partial charge in [0.05, 0.1) is 43.2 Å². The summed E-state index contributed by atoms with van der Waals surface area (Å²) in [5, 5.41) is 3.03. The molecule has 0 bridgehead atoms. The molecule has 0 radical (unpaired) electrons. The molecule has 3 N–H and O–H groups in total. The van der Waals surface area contributed by atoms with Gasteiger partial charge in [-0.15, -0.1) is 0 Å². The smallest absolute Gasteiger partial charge is 0.255 e. The van der Waals surface area contributed by atoms with Crippen LogP contribution in [0.15, 0.2) is 12.1 Å². The third kappa shape index (κ3) is 4.88. The molecule has 0 aliphatic rings. The highest BCUT2D eigenvalue weighted by Gasteiger charge is 2.14. The molecule has 0 saturated carbocycles. The lowest BCUT2D eigenvalue weighted by molar-refractivity contribution is 0.0692. The number of methoxy groups -OCH3 is 2. The van der Waals surface area contributed by atoms with E-state index in [1.807, 2.05) is 0 Å². The van der Waals surface area contributed by atoms with Crippen LogP contribution < -0.4 is 15.8 Å². The van der Waals surface area contributed by atoms with E-state index in [9.17, 15) is 4.79 Å². The molecule has 0 unspecified atom stereocenters. The molecule has 0 aromatic heterocycles. The first-order chi connectivity index (χ1) is 9.60. The van der Waals surface area contributed by atoms with E-state index in [4.69, 9.17) is 31.5 Å². The molecule has 7 heteroatoms. The topological polar surface area (TPSA) is 82.8 Å². The van der Waals surface area contributed by atoms with Gasteiger partial charge in [0, 0.05) is 19.7 Å². The van der Waals surface area contributed by atoms with Crippen molar-refractivity contribution in [2.75, 3.05) is 46.3 Å². The van der Waals surface area contributed by atoms with Gasteiger partial charge in [-0.1, -0.05) is 11.6 Å². The van der Waals surface area contributed by atoms with Crippen LogP contribution in [-0.4, -0.2) is 46.5 Å². The number of halogens is 1. The Balaban J connectivity index is 2.53. The molecule has 1 aromatic rings. The number of anilines is 1. The van der Waals surface area contributed by atoms with E-state index in [-0.39, 0.29) is 5.91 Å². The van der Waals surface area contributed by atoms with Crippen molar-refractivity contribution in [1.29, 1.82) is 0 Å². The van der Waals surface area contributed by atoms with Crippen LogP contribution in [0.3, 0.4) is 0 Å². The molecule has 0 saturated heterocycles. The number of hydrogen-bond acceptors (Lipinski definition) is 5. The van der Waals surface area contributed by atoms with Gasteiger partial charge in [0.1, 0.15) is 5.75 Å². The van der Waals surface area contributed by atoms with Crippen LogP contribution in [0.25, 0.3) is 0 Å². The molecular formula is C13H19ClN2O4. The third-order valence-corrected chi connectivity index (χ3v) is 2.85. The fourth-order valence-electron chi connectivity index (χ4n) is 1.49. The summed E-state index contributed by atoms with van der Waals surface area (Å²) < 4.78 is 15.2. The highest BCUT2D eigenvalue weighted by molar-refractivity contribution is 6.33. The minimum Gasteiger partial charge on any atom is -0.496 e. The largest absolute Gasteiger partial charge is 0.496 e. The molecule has 1 rings (SSSR count). The molecule has 0 spiro atoms. The van der Waals surface area contributed by atoms with Crippen LogP contribution in [0.1, 0.15) is 10.4 Å². The maximum atomic E-state index is 12.0. The number of rotatable bonds is 8. The first kappa shape index (κ1) is 16.6. The van der Waals surface area contributed by atoms with Crippen LogP contribution in [-0.2, 0) is 9.47 Å². The van der Waals surface area contributed by atoms with E-state index in [1.165, 1.54) is 19.2 Å². The van der Waals surface area contributed by atoms with E-state index >= 15 is 0 Å². The van der Waals surface area contributed by atoms with Crippen LogP contribution in [0.4, 0.5) is 5.69 Å². The number of nitrogens with two attached hydrogens (primary N) is 1. The first-order valence-corrected chi connectivity index (χ1v) is 6.45. The van der Waals surface area contributed by atoms with Gasteiger partial charge in [0.15, 0.2) is 0 Å². The van der Waals surface area contributed by atoms with Gasteiger partial charge in [-0.05, 0) is 6.07 Å². The monoisotopic (exact) mass is 302 g/mol. The number of carbonyl (C=O) groups is 1. The summed E-state index contributed by atoms with van der Waals surface area (Å²) in [6.45, 7) is 1.80.